The van der Waals surface area contributed by atoms with E-state index in [0.717, 1.165) is 23.1 Å². The van der Waals surface area contributed by atoms with Crippen molar-refractivity contribution >= 4 is 12.0 Å². The minimum atomic E-state index is -5.08. The fraction of sp³-hybridized carbons (Fsp3) is 0.417. The molecule has 13 heteroatoms. The third-order valence-electron chi connectivity index (χ3n) is 6.48. The molecule has 0 bridgehead atoms. The number of hydrogen-bond acceptors (Lipinski definition) is 7. The highest BCUT2D eigenvalue weighted by Crippen LogP contribution is 2.53. The molecule has 0 radical (unpaired) electrons. The first kappa shape index (κ1) is 26.5. The molecule has 0 saturated heterocycles. The first-order valence-corrected chi connectivity index (χ1v) is 11.2. The summed E-state index contributed by atoms with van der Waals surface area (Å²) in [7, 11) is 0. The maximum Gasteiger partial charge on any atom is 0.490 e. The number of fused-ring (bicyclic) bond motifs is 4. The number of nitrogens with zero attached hydrogens (tertiary/aromatic N) is 1. The molecule has 1 spiro atoms. The number of rotatable bonds is 3. The molecule has 4 N–H and O–H groups in total. The second-order valence-electron chi connectivity index (χ2n) is 8.81. The average molecular weight is 530 g/mol. The Bertz CT molecular complexity index is 1190. The summed E-state index contributed by atoms with van der Waals surface area (Å²) >= 11 is 0. The molecule has 1 saturated carbocycles. The van der Waals surface area contributed by atoms with Crippen molar-refractivity contribution in [3.8, 4) is 22.6 Å². The summed E-state index contributed by atoms with van der Waals surface area (Å²) in [5.41, 5.74) is 7.54. The van der Waals surface area contributed by atoms with Crippen LogP contribution in [0.2, 0.25) is 0 Å². The summed E-state index contributed by atoms with van der Waals surface area (Å²) in [6.45, 7) is -2.61. The molecule has 0 amide bonds. The Morgan fingerprint density at radius 3 is 2.49 bits per heavy atom. The molecular weight excluding hydrogens is 507 g/mol. The van der Waals surface area contributed by atoms with Crippen molar-refractivity contribution in [1.29, 1.82) is 0 Å². The van der Waals surface area contributed by atoms with Crippen LogP contribution in [0.4, 0.5) is 22.0 Å². The third-order valence-corrected chi connectivity index (χ3v) is 6.48. The Morgan fingerprint density at radius 2 is 1.86 bits per heavy atom. The van der Waals surface area contributed by atoms with E-state index >= 15 is 0 Å². The van der Waals surface area contributed by atoms with Gasteiger partial charge in [-0.25, -0.2) is 9.79 Å². The van der Waals surface area contributed by atoms with Crippen LogP contribution in [0.15, 0.2) is 47.5 Å². The number of amidine groups is 1. The number of aliphatic imine (C=N–C) groups is 1. The highest BCUT2D eigenvalue weighted by molar-refractivity contribution is 5.76. The minimum Gasteiger partial charge on any atom is -0.490 e. The summed E-state index contributed by atoms with van der Waals surface area (Å²) in [6.07, 6.45) is -3.62. The molecular formula is C24H23F5N2O6. The lowest BCUT2D eigenvalue weighted by molar-refractivity contribution is -0.192. The SMILES string of the molecule is NC1=NC2(CO1)c1cc(-c3cccc(OC(F)F)c3)ccc1OC1CCC(O)CC12.O=C(O)C(F)(F)F. The molecule has 1 fully saturated rings. The molecule has 4 atom stereocenters. The van der Waals surface area contributed by atoms with E-state index in [-0.39, 0.29) is 30.4 Å². The number of nitrogens with two attached hydrogens (primary N) is 1. The summed E-state index contributed by atoms with van der Waals surface area (Å²) in [4.78, 5) is 13.6. The van der Waals surface area contributed by atoms with Crippen LogP contribution >= 0.6 is 0 Å². The molecule has 2 aromatic carbocycles. The van der Waals surface area contributed by atoms with Crippen LogP contribution in [-0.2, 0) is 15.1 Å². The number of aliphatic hydroxyl groups excluding tert-OH is 1. The summed E-state index contributed by atoms with van der Waals surface area (Å²) in [5.74, 6) is -2.03. The molecule has 3 aliphatic rings. The Balaban J connectivity index is 0.000000405. The number of carboxylic acids is 1. The molecule has 1 aliphatic carbocycles. The molecule has 37 heavy (non-hydrogen) atoms. The summed E-state index contributed by atoms with van der Waals surface area (Å²) < 4.78 is 73.3. The minimum absolute atomic E-state index is 0.0708. The van der Waals surface area contributed by atoms with E-state index in [0.29, 0.717) is 18.6 Å². The summed E-state index contributed by atoms with van der Waals surface area (Å²) in [5, 5.41) is 17.4. The third kappa shape index (κ3) is 5.55. The van der Waals surface area contributed by atoms with E-state index in [4.69, 9.17) is 25.1 Å². The van der Waals surface area contributed by atoms with Gasteiger partial charge >= 0.3 is 18.8 Å². The first-order valence-electron chi connectivity index (χ1n) is 11.2. The van der Waals surface area contributed by atoms with Gasteiger partial charge in [-0.1, -0.05) is 18.2 Å². The van der Waals surface area contributed by atoms with Crippen LogP contribution in [0, 0.1) is 5.92 Å². The van der Waals surface area contributed by atoms with E-state index in [2.05, 4.69) is 9.73 Å². The van der Waals surface area contributed by atoms with Gasteiger partial charge in [0.2, 0.25) is 0 Å². The van der Waals surface area contributed by atoms with Crippen LogP contribution in [0.5, 0.6) is 11.5 Å². The number of carboxylic acid groups (broad SMARTS) is 1. The van der Waals surface area contributed by atoms with Crippen molar-refractivity contribution < 1.29 is 51.2 Å². The number of alkyl halides is 5. The van der Waals surface area contributed by atoms with Crippen LogP contribution in [0.25, 0.3) is 11.1 Å². The number of hydrogen-bond donors (Lipinski definition) is 3. The van der Waals surface area contributed by atoms with E-state index in [9.17, 15) is 27.1 Å². The van der Waals surface area contributed by atoms with Gasteiger partial charge in [-0.05, 0) is 54.7 Å². The average Bonchev–Trinajstić information content (AvgIpc) is 3.21. The quantitative estimate of drug-likeness (QED) is 0.512. The second kappa shape index (κ2) is 10.0. The molecule has 2 heterocycles. The number of benzene rings is 2. The fourth-order valence-corrected chi connectivity index (χ4v) is 4.90. The zero-order valence-corrected chi connectivity index (χ0v) is 19.1. The Hall–Kier alpha value is -3.61. The lowest BCUT2D eigenvalue weighted by Crippen LogP contribution is -2.51. The van der Waals surface area contributed by atoms with Crippen LogP contribution in [-0.4, -0.2) is 53.8 Å². The Morgan fingerprint density at radius 1 is 1.16 bits per heavy atom. The molecule has 5 rings (SSSR count). The molecule has 0 aromatic heterocycles. The normalized spacial score (nSPS) is 26.1. The predicted molar refractivity (Wildman–Crippen MR) is 119 cm³/mol. The number of aliphatic carboxylic acids is 1. The highest BCUT2D eigenvalue weighted by atomic mass is 19.4. The first-order chi connectivity index (χ1) is 17.4. The maximum atomic E-state index is 12.6. The van der Waals surface area contributed by atoms with Gasteiger partial charge in [-0.15, -0.1) is 0 Å². The van der Waals surface area contributed by atoms with Crippen molar-refractivity contribution in [3.05, 3.63) is 48.0 Å². The van der Waals surface area contributed by atoms with Gasteiger partial charge in [0.05, 0.1) is 6.10 Å². The van der Waals surface area contributed by atoms with Crippen molar-refractivity contribution in [2.24, 2.45) is 16.6 Å². The Kier molecular flexibility index (Phi) is 7.18. The van der Waals surface area contributed by atoms with Gasteiger partial charge in [0.25, 0.3) is 6.02 Å². The van der Waals surface area contributed by atoms with E-state index in [1.54, 1.807) is 12.1 Å². The zero-order valence-electron chi connectivity index (χ0n) is 19.1. The fourth-order valence-electron chi connectivity index (χ4n) is 4.90. The van der Waals surface area contributed by atoms with E-state index < -0.39 is 30.4 Å². The van der Waals surface area contributed by atoms with Gasteiger partial charge in [-0.3, -0.25) is 0 Å². The number of halogens is 5. The van der Waals surface area contributed by atoms with Crippen molar-refractivity contribution in [1.82, 2.24) is 0 Å². The highest BCUT2D eigenvalue weighted by Gasteiger charge is 2.55. The second-order valence-corrected chi connectivity index (χ2v) is 8.81. The van der Waals surface area contributed by atoms with Crippen LogP contribution < -0.4 is 15.2 Å². The Labute approximate surface area is 207 Å². The predicted octanol–water partition coefficient (Wildman–Crippen LogP) is 4.05. The molecule has 2 aromatic rings. The molecule has 2 aliphatic heterocycles. The molecule has 4 unspecified atom stereocenters. The van der Waals surface area contributed by atoms with Crippen molar-refractivity contribution in [3.63, 3.8) is 0 Å². The van der Waals surface area contributed by atoms with Gasteiger partial charge in [0.1, 0.15) is 29.7 Å². The van der Waals surface area contributed by atoms with Gasteiger partial charge in [0.15, 0.2) is 0 Å². The van der Waals surface area contributed by atoms with Gasteiger partial charge in [0, 0.05) is 11.5 Å². The zero-order chi connectivity index (χ0) is 27.0. The van der Waals surface area contributed by atoms with Gasteiger partial charge < -0.3 is 30.2 Å². The monoisotopic (exact) mass is 530 g/mol. The largest absolute Gasteiger partial charge is 0.490 e. The van der Waals surface area contributed by atoms with Crippen LogP contribution in [0.1, 0.15) is 24.8 Å². The smallest absolute Gasteiger partial charge is 0.490 e. The van der Waals surface area contributed by atoms with Gasteiger partial charge in [-0.2, -0.15) is 22.0 Å². The lowest BCUT2D eigenvalue weighted by Gasteiger charge is -2.47. The number of aliphatic hydroxyl groups is 1. The molecule has 8 nitrogen and oxygen atoms in total. The van der Waals surface area contributed by atoms with Crippen molar-refractivity contribution in [2.75, 3.05) is 6.61 Å². The van der Waals surface area contributed by atoms with E-state index in [1.807, 2.05) is 24.3 Å². The van der Waals surface area contributed by atoms with Crippen LogP contribution in [0.3, 0.4) is 0 Å². The van der Waals surface area contributed by atoms with E-state index in [1.165, 1.54) is 6.07 Å². The maximum absolute atomic E-state index is 12.6. The lowest BCUT2D eigenvalue weighted by atomic mass is 9.67. The van der Waals surface area contributed by atoms with Crippen molar-refractivity contribution in [2.45, 2.75) is 49.8 Å². The topological polar surface area (TPSA) is 124 Å². The standard InChI is InChI=1S/C22H22F2N2O4.C2HF3O2/c23-20(24)29-15-3-1-2-12(8-15)13-4-6-18-16(9-13)22(11-28-21(25)26-22)17-10-14(27)5-7-19(17)30-18;3-2(4,5)1(6)7/h1-4,6,8-9,14,17,19-20,27H,5,7,10-11H2,(H2,25,26);(H,6,7). The summed E-state index contributed by atoms with van der Waals surface area (Å²) in [6, 6.07) is 12.4. The molecule has 200 valence electrons. The number of carbonyl (C=O) groups is 1. The number of ether oxygens (including phenoxy) is 3.